The fraction of sp³-hybridized carbons (Fsp3) is 0.923. The number of aliphatic carboxylic acids is 1. The molecule has 2 aliphatic carbocycles. The molecule has 0 bridgehead atoms. The molecule has 0 amide bonds. The first-order chi connectivity index (χ1) is 15.0. The minimum Gasteiger partial charge on any atom is -0.480 e. The Hall–Kier alpha value is -1.12. The summed E-state index contributed by atoms with van der Waals surface area (Å²) in [5.41, 5.74) is -0.728. The van der Waals surface area contributed by atoms with E-state index in [-0.39, 0.29) is 19.5 Å². The Bertz CT molecular complexity index is 545. The zero-order chi connectivity index (χ0) is 22.6. The predicted octanol–water partition coefficient (Wildman–Crippen LogP) is 6.85. The minimum atomic E-state index is -1.53. The van der Waals surface area contributed by atoms with Gasteiger partial charge >= 0.3 is 5.97 Å². The summed E-state index contributed by atoms with van der Waals surface area (Å²) in [6.45, 7) is 4.32. The van der Waals surface area contributed by atoms with Crippen LogP contribution in [0.5, 0.6) is 0 Å². The number of ether oxygens (including phenoxy) is 2. The van der Waals surface area contributed by atoms with Gasteiger partial charge in [-0.15, -0.1) is 0 Å². The van der Waals surface area contributed by atoms with Gasteiger partial charge in [0.15, 0.2) is 6.29 Å². The highest BCUT2D eigenvalue weighted by molar-refractivity contribution is 5.78. The van der Waals surface area contributed by atoms with Crippen LogP contribution < -0.4 is 0 Å². The average Bonchev–Trinajstić information content (AvgIpc) is 2.81. The van der Waals surface area contributed by atoms with E-state index in [1.54, 1.807) is 31.8 Å². The Kier molecular flexibility index (Phi) is 11.3. The van der Waals surface area contributed by atoms with Gasteiger partial charge in [0.05, 0.1) is 19.3 Å². The molecule has 0 spiro atoms. The molecule has 3 fully saturated rings. The maximum atomic E-state index is 10.9. The van der Waals surface area contributed by atoms with Crippen molar-refractivity contribution in [2.24, 2.45) is 16.7 Å². The van der Waals surface area contributed by atoms with Crippen LogP contribution in [0, 0.1) is 28.1 Å². The van der Waals surface area contributed by atoms with E-state index in [0.29, 0.717) is 0 Å². The number of nitrogens with zero attached hydrogens (tertiary/aromatic N) is 1. The van der Waals surface area contributed by atoms with Gasteiger partial charge in [0, 0.05) is 0 Å². The molecular weight excluding hydrogens is 390 g/mol. The second-order valence-electron chi connectivity index (χ2n) is 10.1. The summed E-state index contributed by atoms with van der Waals surface area (Å²) in [6, 6.07) is 1.76. The molecule has 1 heterocycles. The van der Waals surface area contributed by atoms with Crippen LogP contribution in [-0.2, 0) is 14.3 Å². The highest BCUT2D eigenvalue weighted by Crippen LogP contribution is 2.51. The van der Waals surface area contributed by atoms with Crippen molar-refractivity contribution in [2.75, 3.05) is 13.2 Å². The number of hydrogen-bond donors (Lipinski definition) is 1. The van der Waals surface area contributed by atoms with Crippen molar-refractivity contribution in [3.8, 4) is 6.07 Å². The summed E-state index contributed by atoms with van der Waals surface area (Å²) in [5.74, 6) is -0.0755. The van der Waals surface area contributed by atoms with E-state index in [0.717, 1.165) is 37.0 Å². The van der Waals surface area contributed by atoms with E-state index in [2.05, 4.69) is 13.8 Å². The lowest BCUT2D eigenvalue weighted by Crippen LogP contribution is -2.46. The van der Waals surface area contributed by atoms with Crippen LogP contribution in [0.2, 0.25) is 0 Å². The Labute approximate surface area is 189 Å². The van der Waals surface area contributed by atoms with Gasteiger partial charge in [-0.05, 0) is 56.3 Å². The van der Waals surface area contributed by atoms with Gasteiger partial charge in [-0.3, -0.25) is 4.79 Å². The molecule has 1 aliphatic heterocycles. The second-order valence-corrected chi connectivity index (χ2v) is 10.1. The molecule has 1 saturated heterocycles. The van der Waals surface area contributed by atoms with Crippen molar-refractivity contribution in [2.45, 2.75) is 123 Å². The molecule has 5 nitrogen and oxygen atoms in total. The summed E-state index contributed by atoms with van der Waals surface area (Å²) in [4.78, 5) is 10.9. The highest BCUT2D eigenvalue weighted by Gasteiger charge is 2.44. The Balaban J connectivity index is 0.000000220. The SMILES string of the molecule is CCCC1(C2CCCCC2)CCCCC1.CCCCC[C@H]1OC[C@@](C#N)(C(=O)O)CO1. The predicted molar refractivity (Wildman–Crippen MR) is 123 cm³/mol. The summed E-state index contributed by atoms with van der Waals surface area (Å²) in [6.07, 6.45) is 21.9. The van der Waals surface area contributed by atoms with Crippen LogP contribution in [0.1, 0.15) is 117 Å². The van der Waals surface area contributed by atoms with Crippen molar-refractivity contribution in [3.05, 3.63) is 0 Å². The second kappa shape index (κ2) is 13.4. The van der Waals surface area contributed by atoms with Crippen LogP contribution in [0.15, 0.2) is 0 Å². The van der Waals surface area contributed by atoms with E-state index >= 15 is 0 Å². The number of carboxylic acids is 1. The number of carbonyl (C=O) groups is 1. The van der Waals surface area contributed by atoms with Crippen molar-refractivity contribution in [3.63, 3.8) is 0 Å². The summed E-state index contributed by atoms with van der Waals surface area (Å²) in [7, 11) is 0. The number of unbranched alkanes of at least 4 members (excludes halogenated alkanes) is 2. The van der Waals surface area contributed by atoms with Gasteiger partial charge in [0.2, 0.25) is 5.41 Å². The Morgan fingerprint density at radius 1 is 0.968 bits per heavy atom. The molecule has 178 valence electrons. The molecule has 0 atom stereocenters. The molecule has 0 aromatic rings. The van der Waals surface area contributed by atoms with Gasteiger partial charge in [-0.25, -0.2) is 0 Å². The van der Waals surface area contributed by atoms with Gasteiger partial charge in [-0.2, -0.15) is 5.26 Å². The molecule has 31 heavy (non-hydrogen) atoms. The minimum absolute atomic E-state index is 0.0877. The third-order valence-electron chi connectivity index (χ3n) is 7.77. The first kappa shape index (κ1) is 26.1. The smallest absolute Gasteiger partial charge is 0.328 e. The largest absolute Gasteiger partial charge is 0.480 e. The molecule has 0 aromatic carbocycles. The standard InChI is InChI=1S/C15H28.C11H17NO4/c1-2-11-15(12-7-4-8-13-15)14-9-5-3-6-10-14;1-2-3-4-5-9-15-7-11(6-12,8-16-9)10(13)14/h14H,2-13H2,1H3;9H,2-5,7-8H2,1H3,(H,13,14)/t;9-,11+. The number of carboxylic acid groups (broad SMARTS) is 1. The quantitative estimate of drug-likeness (QED) is 0.422. The van der Waals surface area contributed by atoms with Gasteiger partial charge in [0.25, 0.3) is 0 Å². The lowest BCUT2D eigenvalue weighted by Gasteiger charge is -2.45. The summed E-state index contributed by atoms with van der Waals surface area (Å²) < 4.78 is 10.5. The zero-order valence-corrected chi connectivity index (χ0v) is 20.0. The molecule has 5 heteroatoms. The molecule has 3 aliphatic rings. The van der Waals surface area contributed by atoms with Crippen molar-refractivity contribution in [1.29, 1.82) is 5.26 Å². The normalized spacial score (nSPS) is 28.7. The fourth-order valence-electron chi connectivity index (χ4n) is 5.85. The molecule has 0 unspecified atom stereocenters. The molecule has 2 saturated carbocycles. The monoisotopic (exact) mass is 435 g/mol. The van der Waals surface area contributed by atoms with Gasteiger partial charge in [0.1, 0.15) is 0 Å². The topological polar surface area (TPSA) is 79.5 Å². The van der Waals surface area contributed by atoms with Crippen molar-refractivity contribution < 1.29 is 19.4 Å². The van der Waals surface area contributed by atoms with Crippen LogP contribution in [0.25, 0.3) is 0 Å². The maximum Gasteiger partial charge on any atom is 0.328 e. The third kappa shape index (κ3) is 7.46. The van der Waals surface area contributed by atoms with Gasteiger partial charge in [-0.1, -0.05) is 71.6 Å². The number of hydrogen-bond acceptors (Lipinski definition) is 4. The fourth-order valence-corrected chi connectivity index (χ4v) is 5.85. The van der Waals surface area contributed by atoms with E-state index < -0.39 is 11.4 Å². The lowest BCUT2D eigenvalue weighted by molar-refractivity contribution is -0.224. The van der Waals surface area contributed by atoms with Crippen LogP contribution in [0.4, 0.5) is 0 Å². The lowest BCUT2D eigenvalue weighted by atomic mass is 9.60. The van der Waals surface area contributed by atoms with Crippen LogP contribution in [-0.4, -0.2) is 30.6 Å². The number of nitriles is 1. The molecule has 0 aromatic heterocycles. The first-order valence-electron chi connectivity index (χ1n) is 12.9. The third-order valence-corrected chi connectivity index (χ3v) is 7.77. The average molecular weight is 436 g/mol. The van der Waals surface area contributed by atoms with E-state index in [4.69, 9.17) is 19.8 Å². The van der Waals surface area contributed by atoms with E-state index in [9.17, 15) is 4.79 Å². The molecule has 0 radical (unpaired) electrons. The summed E-state index contributed by atoms with van der Waals surface area (Å²) >= 11 is 0. The first-order valence-corrected chi connectivity index (χ1v) is 12.9. The zero-order valence-electron chi connectivity index (χ0n) is 20.0. The van der Waals surface area contributed by atoms with Crippen molar-refractivity contribution >= 4 is 5.97 Å². The van der Waals surface area contributed by atoms with Gasteiger partial charge < -0.3 is 14.6 Å². The highest BCUT2D eigenvalue weighted by atomic mass is 16.7. The van der Waals surface area contributed by atoms with Crippen molar-refractivity contribution in [1.82, 2.24) is 0 Å². The molecule has 1 N–H and O–H groups in total. The van der Waals surface area contributed by atoms with Crippen LogP contribution in [0.3, 0.4) is 0 Å². The Morgan fingerprint density at radius 3 is 2.10 bits per heavy atom. The Morgan fingerprint density at radius 2 is 1.58 bits per heavy atom. The van der Waals surface area contributed by atoms with Crippen LogP contribution >= 0.6 is 0 Å². The molecule has 3 rings (SSSR count). The van der Waals surface area contributed by atoms with E-state index in [1.807, 2.05) is 0 Å². The molecular formula is C26H45NO4. The van der Waals surface area contributed by atoms with E-state index in [1.165, 1.54) is 51.4 Å². The maximum absolute atomic E-state index is 10.9. The summed E-state index contributed by atoms with van der Waals surface area (Å²) in [5, 5.41) is 17.7. The number of rotatable bonds is 8.